The molecule has 0 aliphatic carbocycles. The van der Waals surface area contributed by atoms with Gasteiger partial charge in [-0.2, -0.15) is 0 Å². The number of fused-ring (bicyclic) bond motifs is 1. The molecule has 1 N–H and O–H groups in total. The summed E-state index contributed by atoms with van der Waals surface area (Å²) in [7, 11) is 0. The third kappa shape index (κ3) is 2.58. The molecule has 0 radical (unpaired) electrons. The van der Waals surface area contributed by atoms with Crippen molar-refractivity contribution >= 4 is 10.9 Å². The highest BCUT2D eigenvalue weighted by Crippen LogP contribution is 2.26. The van der Waals surface area contributed by atoms with E-state index in [9.17, 15) is 4.39 Å². The number of piperazine rings is 1. The second kappa shape index (κ2) is 5.54. The fourth-order valence-electron chi connectivity index (χ4n) is 2.96. The first-order valence-corrected chi connectivity index (χ1v) is 7.37. The fourth-order valence-corrected chi connectivity index (χ4v) is 2.96. The van der Waals surface area contributed by atoms with Crippen molar-refractivity contribution in [2.75, 3.05) is 26.2 Å². The van der Waals surface area contributed by atoms with Crippen LogP contribution >= 0.6 is 0 Å². The summed E-state index contributed by atoms with van der Waals surface area (Å²) in [4.78, 5) is 2.46. The van der Waals surface area contributed by atoms with E-state index in [-0.39, 0.29) is 5.82 Å². The van der Waals surface area contributed by atoms with E-state index < -0.39 is 0 Å². The van der Waals surface area contributed by atoms with Crippen molar-refractivity contribution < 1.29 is 4.39 Å². The van der Waals surface area contributed by atoms with E-state index in [4.69, 9.17) is 0 Å². The van der Waals surface area contributed by atoms with Gasteiger partial charge in [0.1, 0.15) is 5.82 Å². The van der Waals surface area contributed by atoms with Crippen LogP contribution in [-0.4, -0.2) is 35.6 Å². The highest BCUT2D eigenvalue weighted by molar-refractivity contribution is 5.84. The van der Waals surface area contributed by atoms with E-state index in [0.29, 0.717) is 6.04 Å². The summed E-state index contributed by atoms with van der Waals surface area (Å²) in [6.45, 7) is 9.49. The molecule has 3 nitrogen and oxygen atoms in total. The maximum Gasteiger partial charge on any atom is 0.125 e. The molecular formula is C16H22FN3. The lowest BCUT2D eigenvalue weighted by molar-refractivity contribution is 0.234. The number of nitrogens with zero attached hydrogens (tertiary/aromatic N) is 2. The summed E-state index contributed by atoms with van der Waals surface area (Å²) in [6, 6.07) is 5.47. The molecule has 0 unspecified atom stereocenters. The van der Waals surface area contributed by atoms with Crippen LogP contribution in [0, 0.1) is 5.82 Å². The minimum Gasteiger partial charge on any atom is -0.345 e. The fraction of sp³-hybridized carbons (Fsp3) is 0.500. The molecule has 1 fully saturated rings. The van der Waals surface area contributed by atoms with Gasteiger partial charge in [-0.1, -0.05) is 0 Å². The van der Waals surface area contributed by atoms with Gasteiger partial charge in [-0.15, -0.1) is 0 Å². The van der Waals surface area contributed by atoms with Gasteiger partial charge in [-0.3, -0.25) is 4.90 Å². The molecule has 0 amide bonds. The Labute approximate surface area is 119 Å². The maximum absolute atomic E-state index is 13.5. The number of nitrogens with one attached hydrogen (secondary N) is 1. The highest BCUT2D eigenvalue weighted by atomic mass is 19.1. The lowest BCUT2D eigenvalue weighted by Crippen LogP contribution is -2.42. The number of hydrogen-bond acceptors (Lipinski definition) is 2. The average molecular weight is 275 g/mol. The molecule has 1 aliphatic heterocycles. The van der Waals surface area contributed by atoms with E-state index in [0.717, 1.165) is 38.2 Å². The molecule has 1 aromatic carbocycles. The Morgan fingerprint density at radius 1 is 1.25 bits per heavy atom. The van der Waals surface area contributed by atoms with Gasteiger partial charge in [-0.05, 0) is 37.6 Å². The Balaban J connectivity index is 1.97. The van der Waals surface area contributed by atoms with Crippen molar-refractivity contribution in [3.8, 4) is 0 Å². The van der Waals surface area contributed by atoms with Gasteiger partial charge in [0.2, 0.25) is 0 Å². The number of halogens is 1. The van der Waals surface area contributed by atoms with Crippen LogP contribution in [0.5, 0.6) is 0 Å². The second-order valence-electron chi connectivity index (χ2n) is 5.84. The summed E-state index contributed by atoms with van der Waals surface area (Å²) in [5.74, 6) is -0.161. The summed E-state index contributed by atoms with van der Waals surface area (Å²) in [5, 5.41) is 4.55. The molecule has 2 heterocycles. The van der Waals surface area contributed by atoms with Gasteiger partial charge in [0.25, 0.3) is 0 Å². The normalized spacial score (nSPS) is 17.2. The van der Waals surface area contributed by atoms with E-state index in [1.165, 1.54) is 10.9 Å². The van der Waals surface area contributed by atoms with Gasteiger partial charge < -0.3 is 9.88 Å². The zero-order valence-electron chi connectivity index (χ0n) is 12.2. The number of rotatable bonds is 3. The topological polar surface area (TPSA) is 20.2 Å². The van der Waals surface area contributed by atoms with Crippen LogP contribution in [0.4, 0.5) is 4.39 Å². The smallest absolute Gasteiger partial charge is 0.125 e. The molecule has 0 bridgehead atoms. The molecule has 4 heteroatoms. The van der Waals surface area contributed by atoms with E-state index in [1.54, 1.807) is 12.1 Å². The van der Waals surface area contributed by atoms with Crippen LogP contribution in [0.15, 0.2) is 24.4 Å². The summed E-state index contributed by atoms with van der Waals surface area (Å²) in [6.07, 6.45) is 2.19. The van der Waals surface area contributed by atoms with Gasteiger partial charge in [0.15, 0.2) is 0 Å². The van der Waals surface area contributed by atoms with Crippen molar-refractivity contribution in [2.24, 2.45) is 0 Å². The molecule has 1 saturated heterocycles. The first-order chi connectivity index (χ1) is 9.65. The predicted molar refractivity (Wildman–Crippen MR) is 80.4 cm³/mol. The first kappa shape index (κ1) is 13.6. The molecule has 20 heavy (non-hydrogen) atoms. The lowest BCUT2D eigenvalue weighted by atomic mass is 10.1. The lowest BCUT2D eigenvalue weighted by Gasteiger charge is -2.26. The zero-order valence-corrected chi connectivity index (χ0v) is 12.2. The molecule has 0 atom stereocenters. The van der Waals surface area contributed by atoms with Crippen LogP contribution in [-0.2, 0) is 6.54 Å². The van der Waals surface area contributed by atoms with Gasteiger partial charge in [0, 0.05) is 50.3 Å². The van der Waals surface area contributed by atoms with Crippen molar-refractivity contribution in [2.45, 2.75) is 26.4 Å². The molecule has 2 aromatic rings. The Morgan fingerprint density at radius 3 is 2.70 bits per heavy atom. The summed E-state index contributed by atoms with van der Waals surface area (Å²) in [5.41, 5.74) is 2.31. The zero-order chi connectivity index (χ0) is 14.1. The van der Waals surface area contributed by atoms with Crippen LogP contribution in [0.2, 0.25) is 0 Å². The van der Waals surface area contributed by atoms with Crippen molar-refractivity contribution in [3.05, 3.63) is 35.8 Å². The monoisotopic (exact) mass is 275 g/mol. The molecule has 0 saturated carbocycles. The molecule has 0 spiro atoms. The Morgan fingerprint density at radius 2 is 2.00 bits per heavy atom. The minimum absolute atomic E-state index is 0.161. The average Bonchev–Trinajstić information content (AvgIpc) is 2.78. The Bertz CT molecular complexity index is 597. The standard InChI is InChI=1S/C16H22FN3/c1-12(2)20-11-13(10-19-7-5-18-6-8-19)15-4-3-14(17)9-16(15)20/h3-4,9,11-12,18H,5-8,10H2,1-2H3. The Kier molecular flexibility index (Phi) is 3.76. The van der Waals surface area contributed by atoms with Gasteiger partial charge in [-0.25, -0.2) is 4.39 Å². The summed E-state index contributed by atoms with van der Waals surface area (Å²) >= 11 is 0. The third-order valence-electron chi connectivity index (χ3n) is 4.04. The SMILES string of the molecule is CC(C)n1cc(CN2CCNCC2)c2ccc(F)cc21. The van der Waals surface area contributed by atoms with Crippen LogP contribution < -0.4 is 5.32 Å². The highest BCUT2D eigenvalue weighted by Gasteiger charge is 2.15. The van der Waals surface area contributed by atoms with Crippen molar-refractivity contribution in [1.29, 1.82) is 0 Å². The van der Waals surface area contributed by atoms with Gasteiger partial charge in [0.05, 0.1) is 5.52 Å². The number of aromatic nitrogens is 1. The third-order valence-corrected chi connectivity index (χ3v) is 4.04. The van der Waals surface area contributed by atoms with Crippen molar-refractivity contribution in [3.63, 3.8) is 0 Å². The summed E-state index contributed by atoms with van der Waals surface area (Å²) < 4.78 is 15.7. The molecular weight excluding hydrogens is 253 g/mol. The molecule has 3 rings (SSSR count). The van der Waals surface area contributed by atoms with Crippen LogP contribution in [0.3, 0.4) is 0 Å². The first-order valence-electron chi connectivity index (χ1n) is 7.37. The quantitative estimate of drug-likeness (QED) is 0.929. The Hall–Kier alpha value is -1.39. The minimum atomic E-state index is -0.161. The molecule has 1 aliphatic rings. The van der Waals surface area contributed by atoms with Crippen LogP contribution in [0.25, 0.3) is 10.9 Å². The van der Waals surface area contributed by atoms with Gasteiger partial charge >= 0.3 is 0 Å². The molecule has 1 aromatic heterocycles. The maximum atomic E-state index is 13.5. The van der Waals surface area contributed by atoms with Crippen LogP contribution in [0.1, 0.15) is 25.5 Å². The molecule has 108 valence electrons. The predicted octanol–water partition coefficient (Wildman–Crippen LogP) is 2.77. The van der Waals surface area contributed by atoms with E-state index >= 15 is 0 Å². The van der Waals surface area contributed by atoms with E-state index in [2.05, 4.69) is 34.8 Å². The largest absolute Gasteiger partial charge is 0.345 e. The van der Waals surface area contributed by atoms with Crippen molar-refractivity contribution in [1.82, 2.24) is 14.8 Å². The second-order valence-corrected chi connectivity index (χ2v) is 5.84. The number of benzene rings is 1. The van der Waals surface area contributed by atoms with E-state index in [1.807, 2.05) is 6.07 Å². The number of hydrogen-bond donors (Lipinski definition) is 1.